The maximum absolute atomic E-state index is 3.60. The minimum atomic E-state index is 1.09. The van der Waals surface area contributed by atoms with Crippen molar-refractivity contribution in [3.8, 4) is 22.3 Å². The molecule has 40 heavy (non-hydrogen) atoms. The molecule has 0 bridgehead atoms. The minimum Gasteiger partial charge on any atom is -0.356 e. The zero-order valence-corrected chi connectivity index (χ0v) is 22.6. The van der Waals surface area contributed by atoms with Gasteiger partial charge in [0, 0.05) is 31.5 Å². The van der Waals surface area contributed by atoms with Gasteiger partial charge in [0.25, 0.3) is 0 Å². The van der Waals surface area contributed by atoms with Crippen LogP contribution in [0.2, 0.25) is 0 Å². The molecule has 1 N–H and O–H groups in total. The third kappa shape index (κ3) is 4.10. The van der Waals surface area contributed by atoms with Crippen LogP contribution in [0.15, 0.2) is 146 Å². The first-order chi connectivity index (χ1) is 19.8. The molecule has 0 saturated heterocycles. The molecule has 7 aromatic carbocycles. The van der Waals surface area contributed by atoms with Gasteiger partial charge in [0.2, 0.25) is 0 Å². The highest BCUT2D eigenvalue weighted by molar-refractivity contribution is 7.25. The van der Waals surface area contributed by atoms with Crippen molar-refractivity contribution in [3.63, 3.8) is 0 Å². The maximum Gasteiger partial charge on any atom is 0.0391 e. The second kappa shape index (κ2) is 9.37. The van der Waals surface area contributed by atoms with Crippen LogP contribution in [-0.4, -0.2) is 0 Å². The first-order valence-corrected chi connectivity index (χ1v) is 14.4. The summed E-state index contributed by atoms with van der Waals surface area (Å²) in [7, 11) is 0. The van der Waals surface area contributed by atoms with Gasteiger partial charge >= 0.3 is 0 Å². The third-order valence-corrected chi connectivity index (χ3v) is 8.96. The van der Waals surface area contributed by atoms with E-state index in [9.17, 15) is 0 Å². The van der Waals surface area contributed by atoms with E-state index in [0.717, 1.165) is 11.4 Å². The highest BCUT2D eigenvalue weighted by Gasteiger charge is 2.07. The van der Waals surface area contributed by atoms with Crippen LogP contribution < -0.4 is 5.32 Å². The van der Waals surface area contributed by atoms with Crippen molar-refractivity contribution < 1.29 is 0 Å². The van der Waals surface area contributed by atoms with Crippen LogP contribution in [0.5, 0.6) is 0 Å². The highest BCUT2D eigenvalue weighted by Crippen LogP contribution is 2.36. The zero-order chi connectivity index (χ0) is 26.5. The van der Waals surface area contributed by atoms with Gasteiger partial charge in [-0.1, -0.05) is 91.0 Å². The first-order valence-electron chi connectivity index (χ1n) is 13.6. The van der Waals surface area contributed by atoms with Gasteiger partial charge in [-0.15, -0.1) is 11.3 Å². The lowest BCUT2D eigenvalue weighted by Crippen LogP contribution is -1.90. The van der Waals surface area contributed by atoms with E-state index < -0.39 is 0 Å². The molecule has 0 fully saturated rings. The number of hydrogen-bond donors (Lipinski definition) is 1. The van der Waals surface area contributed by atoms with Crippen molar-refractivity contribution in [1.29, 1.82) is 0 Å². The first kappa shape index (κ1) is 23.0. The van der Waals surface area contributed by atoms with E-state index in [1.54, 1.807) is 0 Å². The largest absolute Gasteiger partial charge is 0.356 e. The molecular formula is C38H25NS. The van der Waals surface area contributed by atoms with Gasteiger partial charge in [0.05, 0.1) is 0 Å². The average molecular weight is 528 g/mol. The molecule has 0 amide bonds. The van der Waals surface area contributed by atoms with Crippen molar-refractivity contribution in [2.24, 2.45) is 0 Å². The van der Waals surface area contributed by atoms with Crippen molar-refractivity contribution in [2.45, 2.75) is 0 Å². The van der Waals surface area contributed by atoms with Gasteiger partial charge < -0.3 is 5.32 Å². The molecule has 8 rings (SSSR count). The van der Waals surface area contributed by atoms with Gasteiger partial charge in [-0.05, 0) is 98.4 Å². The van der Waals surface area contributed by atoms with E-state index in [1.165, 1.54) is 64.0 Å². The number of hydrogen-bond acceptors (Lipinski definition) is 2. The smallest absolute Gasteiger partial charge is 0.0391 e. The molecule has 8 aromatic rings. The number of nitrogens with one attached hydrogen (secondary N) is 1. The summed E-state index contributed by atoms with van der Waals surface area (Å²) < 4.78 is 2.65. The molecule has 0 aliphatic rings. The van der Waals surface area contributed by atoms with Gasteiger partial charge in [-0.3, -0.25) is 0 Å². The Labute approximate surface area is 237 Å². The summed E-state index contributed by atoms with van der Waals surface area (Å²) in [4.78, 5) is 0. The average Bonchev–Trinajstić information content (AvgIpc) is 3.39. The summed E-state index contributed by atoms with van der Waals surface area (Å²) in [5.41, 5.74) is 7.13. The quantitative estimate of drug-likeness (QED) is 0.240. The Hall–Kier alpha value is -4.92. The van der Waals surface area contributed by atoms with E-state index in [4.69, 9.17) is 0 Å². The lowest BCUT2D eigenvalue weighted by Gasteiger charge is -2.10. The lowest BCUT2D eigenvalue weighted by atomic mass is 9.96. The number of anilines is 2. The number of thiophene rings is 1. The zero-order valence-electron chi connectivity index (χ0n) is 21.8. The van der Waals surface area contributed by atoms with Gasteiger partial charge in [-0.2, -0.15) is 0 Å². The Morgan fingerprint density at radius 1 is 0.350 bits per heavy atom. The fourth-order valence-corrected chi connectivity index (χ4v) is 6.78. The van der Waals surface area contributed by atoms with Crippen LogP contribution in [0.1, 0.15) is 0 Å². The van der Waals surface area contributed by atoms with Crippen molar-refractivity contribution in [3.05, 3.63) is 146 Å². The second-order valence-electron chi connectivity index (χ2n) is 10.4. The molecule has 0 atom stereocenters. The third-order valence-electron chi connectivity index (χ3n) is 7.81. The normalized spacial score (nSPS) is 11.5. The van der Waals surface area contributed by atoms with Crippen LogP contribution in [0, 0.1) is 0 Å². The van der Waals surface area contributed by atoms with Crippen LogP contribution >= 0.6 is 11.3 Å². The predicted molar refractivity (Wildman–Crippen MR) is 175 cm³/mol. The molecule has 0 radical (unpaired) electrons. The van der Waals surface area contributed by atoms with E-state index in [0.29, 0.717) is 0 Å². The van der Waals surface area contributed by atoms with Crippen LogP contribution in [0.4, 0.5) is 11.4 Å². The SMILES string of the molecule is c1ccc2cc(-c3ccc4cc(-c5ccc(Nc6ccc7sc8ccccc8c7c6)cc5)ccc4c3)ccc2c1. The molecule has 2 heteroatoms. The van der Waals surface area contributed by atoms with E-state index >= 15 is 0 Å². The summed E-state index contributed by atoms with van der Waals surface area (Å²) in [6.07, 6.45) is 0. The molecule has 1 heterocycles. The fraction of sp³-hybridized carbons (Fsp3) is 0. The number of rotatable bonds is 4. The van der Waals surface area contributed by atoms with Crippen molar-refractivity contribution >= 4 is 64.4 Å². The Bertz CT molecular complexity index is 2190. The minimum absolute atomic E-state index is 1.09. The Morgan fingerprint density at radius 2 is 0.875 bits per heavy atom. The summed E-state index contributed by atoms with van der Waals surface area (Å²) >= 11 is 1.85. The van der Waals surface area contributed by atoms with E-state index in [1.807, 2.05) is 11.3 Å². The monoisotopic (exact) mass is 527 g/mol. The molecule has 0 unspecified atom stereocenters. The van der Waals surface area contributed by atoms with E-state index in [-0.39, 0.29) is 0 Å². The summed E-state index contributed by atoms with van der Waals surface area (Å²) in [5, 5.41) is 11.3. The Morgan fingerprint density at radius 3 is 1.62 bits per heavy atom. The lowest BCUT2D eigenvalue weighted by molar-refractivity contribution is 1.56. The molecule has 0 aliphatic carbocycles. The summed E-state index contributed by atoms with van der Waals surface area (Å²) in [6.45, 7) is 0. The molecule has 0 spiro atoms. The number of fused-ring (bicyclic) bond motifs is 5. The van der Waals surface area contributed by atoms with Crippen LogP contribution in [-0.2, 0) is 0 Å². The predicted octanol–water partition coefficient (Wildman–Crippen LogP) is 11.4. The van der Waals surface area contributed by atoms with Crippen molar-refractivity contribution in [1.82, 2.24) is 0 Å². The molecule has 1 aromatic heterocycles. The molecule has 0 aliphatic heterocycles. The van der Waals surface area contributed by atoms with Gasteiger partial charge in [-0.25, -0.2) is 0 Å². The maximum atomic E-state index is 3.60. The fourth-order valence-electron chi connectivity index (χ4n) is 5.69. The van der Waals surface area contributed by atoms with Crippen LogP contribution in [0.25, 0.3) is 64.0 Å². The topological polar surface area (TPSA) is 12.0 Å². The van der Waals surface area contributed by atoms with Crippen molar-refractivity contribution in [2.75, 3.05) is 5.32 Å². The summed E-state index contributed by atoms with van der Waals surface area (Å²) in [6, 6.07) is 52.8. The molecule has 0 saturated carbocycles. The standard InChI is InChI=1S/C38H25NS/c1-2-6-27-21-29(10-9-25(27)5-1)32-14-13-30-22-28(11-12-31(30)23-32)26-15-17-33(18-16-26)39-34-19-20-38-36(24-34)35-7-3-4-8-37(35)40-38/h1-24,39H. The summed E-state index contributed by atoms with van der Waals surface area (Å²) in [5.74, 6) is 0. The van der Waals surface area contributed by atoms with Gasteiger partial charge in [0.1, 0.15) is 0 Å². The second-order valence-corrected chi connectivity index (χ2v) is 11.4. The Kier molecular flexibility index (Phi) is 5.39. The van der Waals surface area contributed by atoms with Crippen LogP contribution in [0.3, 0.4) is 0 Å². The highest BCUT2D eigenvalue weighted by atomic mass is 32.1. The van der Waals surface area contributed by atoms with Gasteiger partial charge in [0.15, 0.2) is 0 Å². The molecule has 188 valence electrons. The number of benzene rings is 7. The van der Waals surface area contributed by atoms with E-state index in [2.05, 4.69) is 151 Å². The molecular weight excluding hydrogens is 502 g/mol. The Balaban J connectivity index is 1.05. The molecule has 1 nitrogen and oxygen atoms in total.